The summed E-state index contributed by atoms with van der Waals surface area (Å²) in [6.07, 6.45) is 0. The number of anilines is 3. The van der Waals surface area contributed by atoms with Crippen LogP contribution in [0.2, 0.25) is 0 Å². The molecule has 0 saturated heterocycles. The molecule has 0 unspecified atom stereocenters. The van der Waals surface area contributed by atoms with Crippen molar-refractivity contribution in [1.29, 1.82) is 0 Å². The maximum absolute atomic E-state index is 2.39. The zero-order valence-electron chi connectivity index (χ0n) is 33.0. The molecule has 0 saturated carbocycles. The largest absolute Gasteiger partial charge is 0.310 e. The first-order valence-electron chi connectivity index (χ1n) is 20.6. The summed E-state index contributed by atoms with van der Waals surface area (Å²) < 4.78 is 2.37. The topological polar surface area (TPSA) is 8.17 Å². The van der Waals surface area contributed by atoms with Crippen molar-refractivity contribution in [2.75, 3.05) is 4.90 Å². The Hall–Kier alpha value is -7.94. The summed E-state index contributed by atoms with van der Waals surface area (Å²) in [7, 11) is 0. The fourth-order valence-corrected chi connectivity index (χ4v) is 8.82. The average molecular weight is 765 g/mol. The van der Waals surface area contributed by atoms with Gasteiger partial charge in [-0.25, -0.2) is 0 Å². The predicted octanol–water partition coefficient (Wildman–Crippen LogP) is 16.1. The molecule has 11 aromatic rings. The molecule has 0 spiro atoms. The number of hydrogen-bond donors (Lipinski definition) is 0. The number of para-hydroxylation sites is 3. The van der Waals surface area contributed by atoms with Gasteiger partial charge in [-0.15, -0.1) is 0 Å². The van der Waals surface area contributed by atoms with Gasteiger partial charge in [0.2, 0.25) is 0 Å². The molecule has 11 rings (SSSR count). The second-order valence-electron chi connectivity index (χ2n) is 15.4. The zero-order valence-corrected chi connectivity index (χ0v) is 33.0. The number of nitrogens with zero attached hydrogens (tertiary/aromatic N) is 2. The Kier molecular flexibility index (Phi) is 8.87. The number of benzene rings is 10. The van der Waals surface area contributed by atoms with E-state index in [0.29, 0.717) is 0 Å². The first kappa shape index (κ1) is 35.2. The van der Waals surface area contributed by atoms with E-state index in [9.17, 15) is 0 Å². The highest BCUT2D eigenvalue weighted by Gasteiger charge is 2.18. The minimum Gasteiger partial charge on any atom is -0.310 e. The predicted molar refractivity (Wildman–Crippen MR) is 255 cm³/mol. The van der Waals surface area contributed by atoms with Crippen LogP contribution in [-0.2, 0) is 0 Å². The normalized spacial score (nSPS) is 11.3. The summed E-state index contributed by atoms with van der Waals surface area (Å²) in [4.78, 5) is 2.39. The van der Waals surface area contributed by atoms with Crippen molar-refractivity contribution in [3.8, 4) is 50.2 Å². The van der Waals surface area contributed by atoms with Crippen molar-refractivity contribution < 1.29 is 0 Å². The summed E-state index contributed by atoms with van der Waals surface area (Å²) in [6.45, 7) is 0. The minimum absolute atomic E-state index is 1.09. The van der Waals surface area contributed by atoms with E-state index >= 15 is 0 Å². The molecule has 1 heterocycles. The lowest BCUT2D eigenvalue weighted by Crippen LogP contribution is -2.11. The highest BCUT2D eigenvalue weighted by Crippen LogP contribution is 2.42. The molecule has 282 valence electrons. The first-order valence-corrected chi connectivity index (χ1v) is 20.6. The van der Waals surface area contributed by atoms with Gasteiger partial charge in [-0.3, -0.25) is 0 Å². The molecule has 0 amide bonds. The van der Waals surface area contributed by atoms with Gasteiger partial charge in [-0.1, -0.05) is 170 Å². The van der Waals surface area contributed by atoms with Crippen LogP contribution in [0.15, 0.2) is 243 Å². The third-order valence-electron chi connectivity index (χ3n) is 11.8. The smallest absolute Gasteiger partial charge is 0.0541 e. The van der Waals surface area contributed by atoms with E-state index < -0.39 is 0 Å². The van der Waals surface area contributed by atoms with Crippen LogP contribution < -0.4 is 4.90 Å². The maximum atomic E-state index is 2.39. The molecule has 0 N–H and O–H groups in total. The highest BCUT2D eigenvalue weighted by molar-refractivity contribution is 6.10. The second kappa shape index (κ2) is 15.1. The van der Waals surface area contributed by atoms with Gasteiger partial charge in [0.15, 0.2) is 0 Å². The van der Waals surface area contributed by atoms with Gasteiger partial charge in [-0.2, -0.15) is 0 Å². The molecule has 0 aliphatic rings. The van der Waals surface area contributed by atoms with E-state index in [-0.39, 0.29) is 0 Å². The van der Waals surface area contributed by atoms with Crippen LogP contribution in [0.25, 0.3) is 82.8 Å². The lowest BCUT2D eigenvalue weighted by Gasteiger charge is -2.28. The zero-order chi connectivity index (χ0) is 39.8. The lowest BCUT2D eigenvalue weighted by molar-refractivity contribution is 1.18. The Morgan fingerprint density at radius 3 is 1.55 bits per heavy atom. The monoisotopic (exact) mass is 764 g/mol. The van der Waals surface area contributed by atoms with Crippen molar-refractivity contribution >= 4 is 49.6 Å². The molecule has 0 fully saturated rings. The van der Waals surface area contributed by atoms with E-state index in [1.165, 1.54) is 82.8 Å². The summed E-state index contributed by atoms with van der Waals surface area (Å²) in [5.41, 5.74) is 16.4. The molecule has 0 aliphatic carbocycles. The molecular formula is C58H40N2. The third-order valence-corrected chi connectivity index (χ3v) is 11.8. The van der Waals surface area contributed by atoms with E-state index in [0.717, 1.165) is 17.1 Å². The van der Waals surface area contributed by atoms with Gasteiger partial charge in [0.1, 0.15) is 0 Å². The first-order chi connectivity index (χ1) is 29.7. The molecule has 2 heteroatoms. The second-order valence-corrected chi connectivity index (χ2v) is 15.4. The lowest BCUT2D eigenvalue weighted by atomic mass is 9.97. The number of hydrogen-bond acceptors (Lipinski definition) is 1. The van der Waals surface area contributed by atoms with E-state index in [4.69, 9.17) is 0 Å². The molecule has 60 heavy (non-hydrogen) atoms. The van der Waals surface area contributed by atoms with Gasteiger partial charge in [-0.05, 0) is 123 Å². The van der Waals surface area contributed by atoms with Crippen LogP contribution in [0.4, 0.5) is 17.1 Å². The molecular weight excluding hydrogens is 725 g/mol. The van der Waals surface area contributed by atoms with Crippen molar-refractivity contribution in [2.45, 2.75) is 0 Å². The van der Waals surface area contributed by atoms with Crippen LogP contribution in [0.1, 0.15) is 0 Å². The SMILES string of the molecule is c1ccc(-c2ccccc2N(c2ccc(-c3cccc(-c4ccc5ccccc5c4)c3)cc2)c2ccc(-c3ccc4c(c3)c3ccccc3n4-c3ccccc3)cc2)cc1. The Morgan fingerprint density at radius 2 is 0.800 bits per heavy atom. The van der Waals surface area contributed by atoms with Gasteiger partial charge in [0, 0.05) is 33.4 Å². The number of rotatable bonds is 8. The van der Waals surface area contributed by atoms with E-state index in [2.05, 4.69) is 252 Å². The fraction of sp³-hybridized carbons (Fsp3) is 0. The molecule has 0 aliphatic heterocycles. The van der Waals surface area contributed by atoms with Crippen molar-refractivity contribution in [3.63, 3.8) is 0 Å². The number of fused-ring (bicyclic) bond motifs is 4. The van der Waals surface area contributed by atoms with Gasteiger partial charge >= 0.3 is 0 Å². The summed E-state index contributed by atoms with van der Waals surface area (Å²) in [5.74, 6) is 0. The van der Waals surface area contributed by atoms with Crippen LogP contribution in [0, 0.1) is 0 Å². The molecule has 0 bridgehead atoms. The summed E-state index contributed by atoms with van der Waals surface area (Å²) in [5, 5.41) is 5.01. The molecule has 0 radical (unpaired) electrons. The van der Waals surface area contributed by atoms with E-state index in [1.54, 1.807) is 0 Å². The Labute approximate surface area is 350 Å². The van der Waals surface area contributed by atoms with Crippen molar-refractivity contribution in [3.05, 3.63) is 243 Å². The third kappa shape index (κ3) is 6.41. The number of aromatic nitrogens is 1. The van der Waals surface area contributed by atoms with Crippen molar-refractivity contribution in [1.82, 2.24) is 4.57 Å². The Balaban J connectivity index is 0.975. The van der Waals surface area contributed by atoms with Gasteiger partial charge < -0.3 is 9.47 Å². The molecule has 2 nitrogen and oxygen atoms in total. The quantitative estimate of drug-likeness (QED) is 0.150. The van der Waals surface area contributed by atoms with Crippen molar-refractivity contribution in [2.24, 2.45) is 0 Å². The van der Waals surface area contributed by atoms with Gasteiger partial charge in [0.25, 0.3) is 0 Å². The average Bonchev–Trinajstić information content (AvgIpc) is 3.66. The minimum atomic E-state index is 1.09. The summed E-state index contributed by atoms with van der Waals surface area (Å²) >= 11 is 0. The Morgan fingerprint density at radius 1 is 0.283 bits per heavy atom. The van der Waals surface area contributed by atoms with Crippen LogP contribution in [0.5, 0.6) is 0 Å². The van der Waals surface area contributed by atoms with Crippen LogP contribution in [0.3, 0.4) is 0 Å². The maximum Gasteiger partial charge on any atom is 0.0541 e. The van der Waals surface area contributed by atoms with Gasteiger partial charge in [0.05, 0.1) is 16.7 Å². The Bertz CT molecular complexity index is 3290. The summed E-state index contributed by atoms with van der Waals surface area (Å²) in [6, 6.07) is 87.8. The standard InChI is InChI=1S/C58H40N2/c1-3-15-44(16-4-1)53-22-9-11-24-56(53)59(51-33-28-42(29-34-51)46-18-13-19-47(38-46)48-27-26-41-14-7-8-17-45(41)39-48)52-35-30-43(31-36-52)49-32-37-58-55(40-49)54-23-10-12-25-57(54)60(58)50-20-5-2-6-21-50/h1-40H. The van der Waals surface area contributed by atoms with Crippen LogP contribution in [-0.4, -0.2) is 4.57 Å². The molecule has 10 aromatic carbocycles. The fourth-order valence-electron chi connectivity index (χ4n) is 8.82. The highest BCUT2D eigenvalue weighted by atomic mass is 15.1. The molecule has 1 aromatic heterocycles. The van der Waals surface area contributed by atoms with Crippen LogP contribution >= 0.6 is 0 Å². The molecule has 0 atom stereocenters. The van der Waals surface area contributed by atoms with E-state index in [1.807, 2.05) is 0 Å².